The van der Waals surface area contributed by atoms with Crippen LogP contribution >= 0.6 is 0 Å². The van der Waals surface area contributed by atoms with Gasteiger partial charge in [-0.1, -0.05) is 33.9 Å². The smallest absolute Gasteiger partial charge is 0.306 e. The summed E-state index contributed by atoms with van der Waals surface area (Å²) < 4.78 is 5.19. The number of ether oxygens (including phenoxy) is 1. The first-order valence-corrected chi connectivity index (χ1v) is 9.89. The Morgan fingerprint density at radius 3 is 2.00 bits per heavy atom. The van der Waals surface area contributed by atoms with Crippen LogP contribution in [-0.2, 0) is 14.3 Å². The number of rotatable bonds is 5. The van der Waals surface area contributed by atoms with Crippen LogP contribution in [0.3, 0.4) is 0 Å². The van der Waals surface area contributed by atoms with Crippen LogP contribution in [0.1, 0.15) is 34.1 Å². The molecule has 1 unspecified atom stereocenters. The Kier molecular flexibility index (Phi) is 6.26. The van der Waals surface area contributed by atoms with Gasteiger partial charge in [0.1, 0.15) is 0 Å². The molecule has 1 atom stereocenters. The summed E-state index contributed by atoms with van der Waals surface area (Å²) in [5.41, 5.74) is -0.289. The van der Waals surface area contributed by atoms with Crippen LogP contribution in [0.15, 0.2) is 0 Å². The van der Waals surface area contributed by atoms with Gasteiger partial charge >= 0.3 is 5.97 Å². The van der Waals surface area contributed by atoms with E-state index >= 15 is 0 Å². The summed E-state index contributed by atoms with van der Waals surface area (Å²) in [6.45, 7) is 12.9. The fraction of sp³-hybridized carbons (Fsp3) is 0.857. The van der Waals surface area contributed by atoms with E-state index in [2.05, 4.69) is 33.9 Å². The molecule has 0 aromatic heterocycles. The second-order valence-corrected chi connectivity index (χ2v) is 12.4. The lowest BCUT2D eigenvalue weighted by Gasteiger charge is -2.42. The summed E-state index contributed by atoms with van der Waals surface area (Å²) >= 11 is 0. The fourth-order valence-electron chi connectivity index (χ4n) is 1.76. The van der Waals surface area contributed by atoms with Gasteiger partial charge in [-0.3, -0.25) is 9.59 Å². The fourth-order valence-corrected chi connectivity index (χ4v) is 4.16. The molecule has 112 valence electrons. The van der Waals surface area contributed by atoms with E-state index in [1.54, 1.807) is 25.9 Å². The van der Waals surface area contributed by atoms with E-state index in [0.29, 0.717) is 6.61 Å². The van der Waals surface area contributed by atoms with E-state index < -0.39 is 8.07 Å². The lowest BCUT2D eigenvalue weighted by atomic mass is 10.2. The van der Waals surface area contributed by atoms with Crippen molar-refractivity contribution in [2.75, 3.05) is 20.7 Å². The topological polar surface area (TPSA) is 46.6 Å². The molecule has 4 nitrogen and oxygen atoms in total. The van der Waals surface area contributed by atoms with Crippen molar-refractivity contribution in [3.05, 3.63) is 0 Å². The first-order valence-electron chi connectivity index (χ1n) is 6.82. The number of hydrogen-bond donors (Lipinski definition) is 0. The Bertz CT molecular complexity index is 332. The minimum Gasteiger partial charge on any atom is -0.466 e. The van der Waals surface area contributed by atoms with Crippen molar-refractivity contribution >= 4 is 20.0 Å². The van der Waals surface area contributed by atoms with Crippen LogP contribution in [-0.4, -0.2) is 45.6 Å². The molecule has 0 aromatic rings. The van der Waals surface area contributed by atoms with Gasteiger partial charge < -0.3 is 9.64 Å². The van der Waals surface area contributed by atoms with Crippen molar-refractivity contribution in [3.8, 4) is 0 Å². The van der Waals surface area contributed by atoms with Gasteiger partial charge in [-0.25, -0.2) is 0 Å². The summed E-state index contributed by atoms with van der Waals surface area (Å²) in [7, 11) is 1.47. The maximum Gasteiger partial charge on any atom is 0.306 e. The maximum absolute atomic E-state index is 12.2. The Labute approximate surface area is 118 Å². The van der Waals surface area contributed by atoms with Gasteiger partial charge in [0, 0.05) is 20.5 Å². The molecular formula is C14H29NO3Si. The molecule has 0 N–H and O–H groups in total. The number of carbonyl (C=O) groups is 2. The van der Waals surface area contributed by atoms with Gasteiger partial charge in [0.2, 0.25) is 5.91 Å². The van der Waals surface area contributed by atoms with Crippen molar-refractivity contribution in [2.24, 2.45) is 0 Å². The van der Waals surface area contributed by atoms with E-state index in [-0.39, 0.29) is 28.9 Å². The van der Waals surface area contributed by atoms with Crippen molar-refractivity contribution in [1.82, 2.24) is 4.90 Å². The zero-order chi connectivity index (χ0) is 15.4. The third-order valence-electron chi connectivity index (χ3n) is 4.25. The highest BCUT2D eigenvalue weighted by atomic mass is 28.3. The standard InChI is InChI=1S/C14H29NO3Si/c1-9-18-13(17)11(10-12(16)15(5)6)19(7,8)14(2,3)4/h11H,9-10H2,1-8H3. The van der Waals surface area contributed by atoms with Gasteiger partial charge in [-0.05, 0) is 12.0 Å². The van der Waals surface area contributed by atoms with Crippen LogP contribution in [0.4, 0.5) is 0 Å². The number of nitrogens with zero attached hydrogens (tertiary/aromatic N) is 1. The van der Waals surface area contributed by atoms with Crippen molar-refractivity contribution in [3.63, 3.8) is 0 Å². The number of esters is 1. The minimum atomic E-state index is -1.97. The van der Waals surface area contributed by atoms with Gasteiger partial charge in [-0.2, -0.15) is 0 Å². The third kappa shape index (κ3) is 4.64. The quantitative estimate of drug-likeness (QED) is 0.577. The Morgan fingerprint density at radius 1 is 1.21 bits per heavy atom. The molecule has 0 radical (unpaired) electrons. The average Bonchev–Trinajstić information content (AvgIpc) is 2.23. The number of amides is 1. The summed E-state index contributed by atoms with van der Waals surface area (Å²) in [5.74, 6) is -0.229. The zero-order valence-electron chi connectivity index (χ0n) is 13.7. The second kappa shape index (κ2) is 6.55. The molecular weight excluding hydrogens is 258 g/mol. The molecule has 0 bridgehead atoms. The summed E-state index contributed by atoms with van der Waals surface area (Å²) in [6, 6.07) is 0. The minimum absolute atomic E-state index is 0.0112. The van der Waals surface area contributed by atoms with Gasteiger partial charge in [-0.15, -0.1) is 0 Å². The Morgan fingerprint density at radius 2 is 1.68 bits per heavy atom. The molecule has 0 fully saturated rings. The lowest BCUT2D eigenvalue weighted by molar-refractivity contribution is -0.145. The van der Waals surface area contributed by atoms with Crippen molar-refractivity contribution < 1.29 is 14.3 Å². The summed E-state index contributed by atoms with van der Waals surface area (Å²) in [4.78, 5) is 25.8. The van der Waals surface area contributed by atoms with Crippen molar-refractivity contribution in [1.29, 1.82) is 0 Å². The molecule has 0 spiro atoms. The number of hydrogen-bond acceptors (Lipinski definition) is 3. The summed E-state index contributed by atoms with van der Waals surface area (Å²) in [5, 5.41) is 0.0387. The van der Waals surface area contributed by atoms with Crippen LogP contribution in [0.5, 0.6) is 0 Å². The monoisotopic (exact) mass is 287 g/mol. The molecule has 0 aromatic carbocycles. The normalized spacial score (nSPS) is 13.9. The predicted molar refractivity (Wildman–Crippen MR) is 80.9 cm³/mol. The van der Waals surface area contributed by atoms with Gasteiger partial charge in [0.25, 0.3) is 0 Å². The SMILES string of the molecule is CCOC(=O)C(CC(=O)N(C)C)[Si](C)(C)C(C)(C)C. The molecule has 0 rings (SSSR count). The van der Waals surface area contributed by atoms with Crippen LogP contribution < -0.4 is 0 Å². The highest BCUT2D eigenvalue weighted by molar-refractivity contribution is 6.84. The van der Waals surface area contributed by atoms with E-state index in [1.165, 1.54) is 0 Å². The maximum atomic E-state index is 12.2. The molecule has 0 saturated carbocycles. The average molecular weight is 287 g/mol. The molecule has 1 amide bonds. The summed E-state index contributed by atoms with van der Waals surface area (Å²) in [6.07, 6.45) is 0.252. The van der Waals surface area contributed by atoms with Gasteiger partial charge in [0.05, 0.1) is 20.2 Å². The molecule has 5 heteroatoms. The molecule has 0 aliphatic rings. The third-order valence-corrected chi connectivity index (χ3v) is 10.3. The number of carbonyl (C=O) groups excluding carboxylic acids is 2. The van der Waals surface area contributed by atoms with Crippen LogP contribution in [0.25, 0.3) is 0 Å². The first-order chi connectivity index (χ1) is 8.45. The Balaban J connectivity index is 5.29. The van der Waals surface area contributed by atoms with Gasteiger partial charge in [0.15, 0.2) is 0 Å². The predicted octanol–water partition coefficient (Wildman–Crippen LogP) is 2.91. The highest BCUT2D eigenvalue weighted by Crippen LogP contribution is 2.45. The van der Waals surface area contributed by atoms with E-state index in [4.69, 9.17) is 4.74 Å². The molecule has 0 aliphatic carbocycles. The van der Waals surface area contributed by atoms with E-state index in [0.717, 1.165) is 0 Å². The zero-order valence-corrected chi connectivity index (χ0v) is 14.7. The molecule has 0 aliphatic heterocycles. The largest absolute Gasteiger partial charge is 0.466 e. The van der Waals surface area contributed by atoms with Crippen molar-refractivity contribution in [2.45, 2.75) is 57.8 Å². The van der Waals surface area contributed by atoms with E-state index in [9.17, 15) is 9.59 Å². The molecule has 0 saturated heterocycles. The lowest BCUT2D eigenvalue weighted by Crippen LogP contribution is -2.47. The second-order valence-electron chi connectivity index (χ2n) is 6.77. The molecule has 0 heterocycles. The highest BCUT2D eigenvalue weighted by Gasteiger charge is 2.47. The van der Waals surface area contributed by atoms with E-state index in [1.807, 2.05) is 0 Å². The van der Waals surface area contributed by atoms with Crippen LogP contribution in [0, 0.1) is 0 Å². The van der Waals surface area contributed by atoms with Crippen LogP contribution in [0.2, 0.25) is 23.7 Å². The Hall–Kier alpha value is -0.843. The first kappa shape index (κ1) is 18.2. The molecule has 19 heavy (non-hydrogen) atoms.